The monoisotopic (exact) mass is 255 g/mol. The summed E-state index contributed by atoms with van der Waals surface area (Å²) in [6.45, 7) is 4.21. The Hall–Kier alpha value is -1.14. The minimum absolute atomic E-state index is 0.0406. The maximum atomic E-state index is 11.0. The molecule has 1 heterocycles. The first kappa shape index (κ1) is 13.9. The average molecular weight is 255 g/mol. The first-order valence-corrected chi connectivity index (χ1v) is 6.58. The highest BCUT2D eigenvalue weighted by Gasteiger charge is 2.20. The van der Waals surface area contributed by atoms with Crippen LogP contribution in [0.1, 0.15) is 19.4 Å². The van der Waals surface area contributed by atoms with E-state index in [9.17, 15) is 4.79 Å². The summed E-state index contributed by atoms with van der Waals surface area (Å²) in [6.07, 6.45) is 5.34. The summed E-state index contributed by atoms with van der Waals surface area (Å²) >= 11 is 1.47. The van der Waals surface area contributed by atoms with Gasteiger partial charge in [0.25, 0.3) is 0 Å². The van der Waals surface area contributed by atoms with Crippen LogP contribution in [0.4, 0.5) is 0 Å². The molecule has 0 aliphatic carbocycles. The molecule has 0 aliphatic rings. The topological polar surface area (TPSA) is 75.1 Å². The molecule has 0 saturated carbocycles. The molecule has 0 unspecified atom stereocenters. The fraction of sp³-hybridized carbons (Fsp3) is 0.545. The Bertz CT molecular complexity index is 367. The maximum Gasteiger partial charge on any atom is 0.320 e. The van der Waals surface area contributed by atoms with Crippen molar-refractivity contribution >= 4 is 17.7 Å². The second-order valence-corrected chi connectivity index (χ2v) is 4.79. The number of nitrogens with one attached hydrogen (secondary N) is 1. The van der Waals surface area contributed by atoms with Gasteiger partial charge in [0, 0.05) is 24.5 Å². The summed E-state index contributed by atoms with van der Waals surface area (Å²) in [5.74, 6) is -0.791. The lowest BCUT2D eigenvalue weighted by Crippen LogP contribution is -2.40. The molecule has 0 amide bonds. The molecule has 1 rings (SSSR count). The van der Waals surface area contributed by atoms with Crippen LogP contribution in [0.15, 0.2) is 17.6 Å². The summed E-state index contributed by atoms with van der Waals surface area (Å²) in [5.41, 5.74) is 0.884. The Kier molecular flexibility index (Phi) is 5.37. The van der Waals surface area contributed by atoms with E-state index in [4.69, 9.17) is 5.11 Å². The molecule has 17 heavy (non-hydrogen) atoms. The van der Waals surface area contributed by atoms with Crippen molar-refractivity contribution in [1.29, 1.82) is 0 Å². The largest absolute Gasteiger partial charge is 0.480 e. The van der Waals surface area contributed by atoms with Crippen LogP contribution in [0.3, 0.4) is 0 Å². The summed E-state index contributed by atoms with van der Waals surface area (Å²) in [6, 6.07) is -0.546. The predicted molar refractivity (Wildman–Crippen MR) is 66.9 cm³/mol. The van der Waals surface area contributed by atoms with Gasteiger partial charge >= 0.3 is 5.97 Å². The lowest BCUT2D eigenvalue weighted by Gasteiger charge is -2.17. The molecular weight excluding hydrogens is 238 g/mol. The molecule has 0 radical (unpaired) electrons. The van der Waals surface area contributed by atoms with Crippen molar-refractivity contribution < 1.29 is 9.90 Å². The van der Waals surface area contributed by atoms with Gasteiger partial charge in [0.15, 0.2) is 5.16 Å². The number of aliphatic carboxylic acids is 1. The van der Waals surface area contributed by atoms with E-state index in [0.29, 0.717) is 11.7 Å². The zero-order valence-electron chi connectivity index (χ0n) is 10.2. The van der Waals surface area contributed by atoms with Gasteiger partial charge in [0.1, 0.15) is 6.04 Å². The molecule has 0 fully saturated rings. The van der Waals surface area contributed by atoms with Crippen molar-refractivity contribution in [1.82, 2.24) is 15.3 Å². The summed E-state index contributed by atoms with van der Waals surface area (Å²) in [4.78, 5) is 19.2. The third-order valence-electron chi connectivity index (χ3n) is 2.32. The third-order valence-corrected chi connectivity index (χ3v) is 2.90. The van der Waals surface area contributed by atoms with Crippen molar-refractivity contribution in [2.75, 3.05) is 6.26 Å². The van der Waals surface area contributed by atoms with Crippen molar-refractivity contribution in [3.8, 4) is 0 Å². The molecule has 94 valence electrons. The van der Waals surface area contributed by atoms with E-state index < -0.39 is 12.0 Å². The number of carboxylic acids is 1. The van der Waals surface area contributed by atoms with Gasteiger partial charge in [-0.05, 0) is 12.2 Å². The lowest BCUT2D eigenvalue weighted by molar-refractivity contribution is -0.140. The van der Waals surface area contributed by atoms with Crippen molar-refractivity contribution in [2.24, 2.45) is 5.92 Å². The molecule has 6 heteroatoms. The molecule has 1 aromatic heterocycles. The molecule has 0 aromatic carbocycles. The molecule has 0 aliphatic heterocycles. The Morgan fingerprint density at radius 1 is 1.47 bits per heavy atom. The highest BCUT2D eigenvalue weighted by Crippen LogP contribution is 2.08. The van der Waals surface area contributed by atoms with Gasteiger partial charge < -0.3 is 5.11 Å². The van der Waals surface area contributed by atoms with Gasteiger partial charge in [-0.25, -0.2) is 9.97 Å². The Morgan fingerprint density at radius 2 is 2.06 bits per heavy atom. The van der Waals surface area contributed by atoms with Crippen LogP contribution in [0.2, 0.25) is 0 Å². The first-order chi connectivity index (χ1) is 8.04. The quantitative estimate of drug-likeness (QED) is 0.591. The first-order valence-electron chi connectivity index (χ1n) is 5.35. The van der Waals surface area contributed by atoms with Crippen LogP contribution < -0.4 is 5.32 Å². The summed E-state index contributed by atoms with van der Waals surface area (Å²) < 4.78 is 0. The van der Waals surface area contributed by atoms with Crippen LogP contribution in [-0.4, -0.2) is 33.3 Å². The Labute approximate surface area is 105 Å². The SMILES string of the molecule is CSc1ncc(CN[C@H](C(=O)O)C(C)C)cn1. The van der Waals surface area contributed by atoms with Crippen molar-refractivity contribution in [3.05, 3.63) is 18.0 Å². The molecule has 0 spiro atoms. The smallest absolute Gasteiger partial charge is 0.320 e. The molecule has 0 saturated heterocycles. The van der Waals surface area contributed by atoms with Crippen LogP contribution in [0, 0.1) is 5.92 Å². The number of rotatable bonds is 6. The van der Waals surface area contributed by atoms with E-state index >= 15 is 0 Å². The molecule has 2 N–H and O–H groups in total. The number of hydrogen-bond acceptors (Lipinski definition) is 5. The number of hydrogen-bond donors (Lipinski definition) is 2. The fourth-order valence-electron chi connectivity index (χ4n) is 1.38. The van der Waals surface area contributed by atoms with Crippen LogP contribution in [0.5, 0.6) is 0 Å². The van der Waals surface area contributed by atoms with Gasteiger partial charge in [-0.1, -0.05) is 25.6 Å². The van der Waals surface area contributed by atoms with Gasteiger partial charge in [-0.15, -0.1) is 0 Å². The minimum atomic E-state index is -0.832. The highest BCUT2D eigenvalue weighted by molar-refractivity contribution is 7.98. The number of carboxylic acid groups (broad SMARTS) is 1. The van der Waals surface area contributed by atoms with E-state index in [1.54, 1.807) is 12.4 Å². The van der Waals surface area contributed by atoms with Crippen molar-refractivity contribution in [2.45, 2.75) is 31.6 Å². The number of aromatic nitrogens is 2. The molecule has 1 aromatic rings. The molecular formula is C11H17N3O2S. The van der Waals surface area contributed by atoms with Gasteiger partial charge in [0.2, 0.25) is 0 Å². The van der Waals surface area contributed by atoms with Crippen LogP contribution in [0.25, 0.3) is 0 Å². The summed E-state index contributed by atoms with van der Waals surface area (Å²) in [5, 5.41) is 12.7. The second kappa shape index (κ2) is 6.56. The number of thioether (sulfide) groups is 1. The average Bonchev–Trinajstić information content (AvgIpc) is 2.29. The van der Waals surface area contributed by atoms with Gasteiger partial charge in [-0.2, -0.15) is 0 Å². The zero-order valence-corrected chi connectivity index (χ0v) is 11.0. The van der Waals surface area contributed by atoms with Gasteiger partial charge in [-0.3, -0.25) is 10.1 Å². The Morgan fingerprint density at radius 3 is 2.47 bits per heavy atom. The molecule has 1 atom stereocenters. The number of carbonyl (C=O) groups is 1. The second-order valence-electron chi connectivity index (χ2n) is 4.02. The van der Waals surface area contributed by atoms with Crippen molar-refractivity contribution in [3.63, 3.8) is 0 Å². The Balaban J connectivity index is 2.56. The normalized spacial score (nSPS) is 12.7. The zero-order chi connectivity index (χ0) is 12.8. The number of nitrogens with zero attached hydrogens (tertiary/aromatic N) is 2. The van der Waals surface area contributed by atoms with E-state index in [1.807, 2.05) is 20.1 Å². The third kappa shape index (κ3) is 4.32. The van der Waals surface area contributed by atoms with E-state index in [0.717, 1.165) is 5.56 Å². The van der Waals surface area contributed by atoms with E-state index in [2.05, 4.69) is 15.3 Å². The molecule has 0 bridgehead atoms. The minimum Gasteiger partial charge on any atom is -0.480 e. The predicted octanol–water partition coefficient (Wildman–Crippen LogP) is 1.40. The lowest BCUT2D eigenvalue weighted by atomic mass is 10.0. The van der Waals surface area contributed by atoms with E-state index in [-0.39, 0.29) is 5.92 Å². The fourth-order valence-corrected chi connectivity index (χ4v) is 1.69. The summed E-state index contributed by atoms with van der Waals surface area (Å²) in [7, 11) is 0. The van der Waals surface area contributed by atoms with Crippen LogP contribution in [-0.2, 0) is 11.3 Å². The van der Waals surface area contributed by atoms with Gasteiger partial charge in [0.05, 0.1) is 0 Å². The maximum absolute atomic E-state index is 11.0. The molecule has 5 nitrogen and oxygen atoms in total. The highest BCUT2D eigenvalue weighted by atomic mass is 32.2. The standard InChI is InChI=1S/C11H17N3O2S/c1-7(2)9(10(15)16)12-4-8-5-13-11(17-3)14-6-8/h5-7,9,12H,4H2,1-3H3,(H,15,16)/t9-/m0/s1. The van der Waals surface area contributed by atoms with Crippen LogP contribution >= 0.6 is 11.8 Å². The van der Waals surface area contributed by atoms with E-state index in [1.165, 1.54) is 11.8 Å².